The first kappa shape index (κ1) is 24.3. The number of benzene rings is 1. The number of ether oxygens (including phenoxy) is 2. The van der Waals surface area contributed by atoms with Crippen molar-refractivity contribution >= 4 is 21.9 Å². The Bertz CT molecular complexity index is 912. The third kappa shape index (κ3) is 7.09. The van der Waals surface area contributed by atoms with Gasteiger partial charge in [0.1, 0.15) is 5.75 Å². The number of hydrogen-bond acceptors (Lipinski definition) is 6. The lowest BCUT2D eigenvalue weighted by molar-refractivity contribution is -0.274. The van der Waals surface area contributed by atoms with E-state index in [0.717, 1.165) is 24.3 Å². The van der Waals surface area contributed by atoms with Crippen LogP contribution in [0.4, 0.5) is 13.2 Å². The maximum absolute atomic E-state index is 12.4. The molecule has 0 aliphatic carbocycles. The van der Waals surface area contributed by atoms with Gasteiger partial charge in [0.25, 0.3) is 0 Å². The summed E-state index contributed by atoms with van der Waals surface area (Å²) in [4.78, 5) is 25.1. The Morgan fingerprint density at radius 2 is 1.81 bits per heavy atom. The average Bonchev–Trinajstić information content (AvgIpc) is 3.15. The molecule has 1 atom stereocenters. The second-order valence-corrected chi connectivity index (χ2v) is 9.75. The Kier molecular flexibility index (Phi) is 7.65. The van der Waals surface area contributed by atoms with E-state index in [1.165, 1.54) is 0 Å². The summed E-state index contributed by atoms with van der Waals surface area (Å²) in [5.41, 5.74) is 0. The Morgan fingerprint density at radius 1 is 1.16 bits per heavy atom. The SMILES string of the molecule is O=C1C[C@H](CCC(=O)N2CCC(CNS(=O)(=O)c3ccc(OC(F)(F)F)cc3)CC2)CO1. The third-order valence-corrected chi connectivity index (χ3v) is 7.04. The van der Waals surface area contributed by atoms with Gasteiger partial charge in [-0.3, -0.25) is 9.59 Å². The van der Waals surface area contributed by atoms with Crippen LogP contribution in [0.2, 0.25) is 0 Å². The molecule has 0 radical (unpaired) electrons. The molecule has 0 spiro atoms. The first-order valence-corrected chi connectivity index (χ1v) is 11.8. The molecular weight excluding hydrogens is 453 g/mol. The van der Waals surface area contributed by atoms with Crippen LogP contribution in [-0.4, -0.2) is 57.8 Å². The summed E-state index contributed by atoms with van der Waals surface area (Å²) in [6, 6.07) is 3.99. The molecule has 0 unspecified atom stereocenters. The zero-order valence-electron chi connectivity index (χ0n) is 17.3. The van der Waals surface area contributed by atoms with E-state index in [4.69, 9.17) is 4.74 Å². The van der Waals surface area contributed by atoms with Crippen molar-refractivity contribution in [2.75, 3.05) is 26.2 Å². The number of nitrogens with one attached hydrogen (secondary N) is 1. The molecule has 2 saturated heterocycles. The quantitative estimate of drug-likeness (QED) is 0.576. The predicted octanol–water partition coefficient (Wildman–Crippen LogP) is 2.45. The summed E-state index contributed by atoms with van der Waals surface area (Å²) >= 11 is 0. The first-order chi connectivity index (χ1) is 15.0. The van der Waals surface area contributed by atoms with Gasteiger partial charge in [0, 0.05) is 32.0 Å². The molecule has 1 aromatic carbocycles. The highest BCUT2D eigenvalue weighted by Gasteiger charge is 2.31. The highest BCUT2D eigenvalue weighted by Crippen LogP contribution is 2.25. The Labute approximate surface area is 184 Å². The largest absolute Gasteiger partial charge is 0.573 e. The van der Waals surface area contributed by atoms with Gasteiger partial charge in [-0.2, -0.15) is 0 Å². The molecule has 0 saturated carbocycles. The summed E-state index contributed by atoms with van der Waals surface area (Å²) in [6.45, 7) is 1.59. The zero-order valence-corrected chi connectivity index (χ0v) is 18.1. The van der Waals surface area contributed by atoms with E-state index in [0.29, 0.717) is 51.8 Å². The molecule has 2 aliphatic heterocycles. The molecule has 2 aliphatic rings. The highest BCUT2D eigenvalue weighted by molar-refractivity contribution is 7.89. The van der Waals surface area contributed by atoms with Crippen molar-refractivity contribution in [1.82, 2.24) is 9.62 Å². The fourth-order valence-electron chi connectivity index (χ4n) is 3.75. The summed E-state index contributed by atoms with van der Waals surface area (Å²) in [5, 5.41) is 0. The minimum Gasteiger partial charge on any atom is -0.465 e. The number of cyclic esters (lactones) is 1. The van der Waals surface area contributed by atoms with Gasteiger partial charge in [0.2, 0.25) is 15.9 Å². The monoisotopic (exact) mass is 478 g/mol. The smallest absolute Gasteiger partial charge is 0.465 e. The van der Waals surface area contributed by atoms with Crippen LogP contribution in [0.1, 0.15) is 32.1 Å². The standard InChI is InChI=1S/C20H25F3N2O6S/c21-20(22,23)31-16-2-4-17(5-3-16)32(28,29)24-12-14-7-9-25(10-8-14)18(26)6-1-15-11-19(27)30-13-15/h2-5,14-15,24H,1,6-13H2/t15-/m0/s1. The summed E-state index contributed by atoms with van der Waals surface area (Å²) in [6.07, 6.45) is -2.26. The van der Waals surface area contributed by atoms with Crippen molar-refractivity contribution in [2.45, 2.75) is 43.4 Å². The van der Waals surface area contributed by atoms with Gasteiger partial charge in [-0.05, 0) is 49.4 Å². The number of nitrogens with zero attached hydrogens (tertiary/aromatic N) is 1. The van der Waals surface area contributed by atoms with Crippen molar-refractivity contribution in [2.24, 2.45) is 11.8 Å². The highest BCUT2D eigenvalue weighted by atomic mass is 32.2. The average molecular weight is 478 g/mol. The molecule has 32 heavy (non-hydrogen) atoms. The summed E-state index contributed by atoms with van der Waals surface area (Å²) < 4.78 is 72.6. The number of rotatable bonds is 8. The predicted molar refractivity (Wildman–Crippen MR) is 106 cm³/mol. The Balaban J connectivity index is 1.41. The fraction of sp³-hybridized carbons (Fsp3) is 0.600. The molecule has 2 heterocycles. The number of amides is 1. The normalized spacial score (nSPS) is 20.3. The van der Waals surface area contributed by atoms with Crippen molar-refractivity contribution < 1.29 is 40.7 Å². The molecule has 1 amide bonds. The second kappa shape index (κ2) is 10.1. The third-order valence-electron chi connectivity index (χ3n) is 5.60. The zero-order chi connectivity index (χ0) is 23.4. The Hall–Kier alpha value is -2.34. The van der Waals surface area contributed by atoms with E-state index < -0.39 is 22.1 Å². The number of carbonyl (C=O) groups excluding carboxylic acids is 2. The van der Waals surface area contributed by atoms with Gasteiger partial charge < -0.3 is 14.4 Å². The van der Waals surface area contributed by atoms with Gasteiger partial charge in [-0.1, -0.05) is 0 Å². The number of piperidine rings is 1. The van der Waals surface area contributed by atoms with E-state index in [-0.39, 0.29) is 35.2 Å². The van der Waals surface area contributed by atoms with E-state index in [1.54, 1.807) is 4.90 Å². The number of alkyl halides is 3. The number of hydrogen-bond donors (Lipinski definition) is 1. The second-order valence-electron chi connectivity index (χ2n) is 7.99. The van der Waals surface area contributed by atoms with Gasteiger partial charge >= 0.3 is 12.3 Å². The lowest BCUT2D eigenvalue weighted by atomic mass is 9.96. The molecule has 0 aromatic heterocycles. The number of carbonyl (C=O) groups is 2. The van der Waals surface area contributed by atoms with E-state index >= 15 is 0 Å². The fourth-order valence-corrected chi connectivity index (χ4v) is 4.87. The number of likely N-dealkylation sites (tertiary alicyclic amines) is 1. The van der Waals surface area contributed by atoms with Crippen LogP contribution in [0, 0.1) is 11.8 Å². The molecule has 1 aromatic rings. The van der Waals surface area contributed by atoms with E-state index in [1.807, 2.05) is 0 Å². The molecule has 1 N–H and O–H groups in total. The summed E-state index contributed by atoms with van der Waals surface area (Å²) in [5.74, 6) is -0.573. The van der Waals surface area contributed by atoms with Crippen LogP contribution in [0.15, 0.2) is 29.2 Å². The van der Waals surface area contributed by atoms with Crippen LogP contribution in [0.25, 0.3) is 0 Å². The first-order valence-electron chi connectivity index (χ1n) is 10.3. The summed E-state index contributed by atoms with van der Waals surface area (Å²) in [7, 11) is -3.88. The molecule has 178 valence electrons. The minimum atomic E-state index is -4.85. The van der Waals surface area contributed by atoms with E-state index in [9.17, 15) is 31.2 Å². The molecule has 12 heteroatoms. The van der Waals surface area contributed by atoms with E-state index in [2.05, 4.69) is 9.46 Å². The van der Waals surface area contributed by atoms with Crippen molar-refractivity contribution in [3.05, 3.63) is 24.3 Å². The van der Waals surface area contributed by atoms with Gasteiger partial charge in [0.15, 0.2) is 0 Å². The molecule has 3 rings (SSSR count). The van der Waals surface area contributed by atoms with Crippen LogP contribution in [0.5, 0.6) is 5.75 Å². The van der Waals surface area contributed by atoms with Gasteiger partial charge in [-0.25, -0.2) is 13.1 Å². The van der Waals surface area contributed by atoms with Gasteiger partial charge in [0.05, 0.1) is 17.9 Å². The molecular formula is C20H25F3N2O6S. The maximum atomic E-state index is 12.4. The number of halogens is 3. The van der Waals surface area contributed by atoms with Crippen LogP contribution >= 0.6 is 0 Å². The van der Waals surface area contributed by atoms with Crippen LogP contribution in [0.3, 0.4) is 0 Å². The lowest BCUT2D eigenvalue weighted by Crippen LogP contribution is -2.41. The number of esters is 1. The van der Waals surface area contributed by atoms with Crippen LogP contribution < -0.4 is 9.46 Å². The minimum absolute atomic E-state index is 0.0181. The Morgan fingerprint density at radius 3 is 2.38 bits per heavy atom. The van der Waals surface area contributed by atoms with Crippen molar-refractivity contribution in [3.63, 3.8) is 0 Å². The van der Waals surface area contributed by atoms with Crippen LogP contribution in [-0.2, 0) is 24.3 Å². The lowest BCUT2D eigenvalue weighted by Gasteiger charge is -2.32. The topological polar surface area (TPSA) is 102 Å². The number of sulfonamides is 1. The molecule has 2 fully saturated rings. The molecule has 8 nitrogen and oxygen atoms in total. The van der Waals surface area contributed by atoms with Crippen molar-refractivity contribution in [1.29, 1.82) is 0 Å². The maximum Gasteiger partial charge on any atom is 0.573 e. The molecule has 0 bridgehead atoms. The van der Waals surface area contributed by atoms with Crippen molar-refractivity contribution in [3.8, 4) is 5.75 Å². The van der Waals surface area contributed by atoms with Gasteiger partial charge in [-0.15, -0.1) is 13.2 Å².